The van der Waals surface area contributed by atoms with Gasteiger partial charge in [-0.25, -0.2) is 0 Å². The number of nitrogens with zero attached hydrogens (tertiary/aromatic N) is 1. The topological polar surface area (TPSA) is 91.2 Å². The maximum absolute atomic E-state index is 12.0. The molecule has 6 nitrogen and oxygen atoms in total. The first-order valence-corrected chi connectivity index (χ1v) is 9.43. The van der Waals surface area contributed by atoms with Gasteiger partial charge in [0.1, 0.15) is 17.4 Å². The van der Waals surface area contributed by atoms with E-state index in [1.807, 2.05) is 19.9 Å². The number of halogens is 1. The van der Waals surface area contributed by atoms with Crippen LogP contribution in [-0.4, -0.2) is 25.0 Å². The fourth-order valence-electron chi connectivity index (χ4n) is 2.28. The van der Waals surface area contributed by atoms with Crippen LogP contribution in [0.1, 0.15) is 19.4 Å². The van der Waals surface area contributed by atoms with Crippen LogP contribution in [0.2, 0.25) is 5.02 Å². The summed E-state index contributed by atoms with van der Waals surface area (Å²) >= 11 is 5.88. The van der Waals surface area contributed by atoms with E-state index in [4.69, 9.17) is 16.3 Å². The third kappa shape index (κ3) is 7.68. The average Bonchev–Trinajstić information content (AvgIpc) is 2.69. The molecule has 0 atom stereocenters. The number of carbonyl (C=O) groups is 2. The minimum absolute atomic E-state index is 0.0280. The highest BCUT2D eigenvalue weighted by molar-refractivity contribution is 6.30. The van der Waals surface area contributed by atoms with E-state index in [0.29, 0.717) is 34.5 Å². The number of benzene rings is 2. The van der Waals surface area contributed by atoms with Crippen molar-refractivity contribution in [3.8, 4) is 11.8 Å². The Labute approximate surface area is 175 Å². The highest BCUT2D eigenvalue weighted by Crippen LogP contribution is 2.16. The van der Waals surface area contributed by atoms with Gasteiger partial charge < -0.3 is 15.4 Å². The SMILES string of the molecule is CC(C)CNC(=O)/C(C#N)=C/c1ccc(OCC(=O)Nc2cccc(Cl)c2)cc1. The number of hydrogen-bond acceptors (Lipinski definition) is 4. The van der Waals surface area contributed by atoms with E-state index in [9.17, 15) is 14.9 Å². The zero-order valence-corrected chi connectivity index (χ0v) is 17.0. The quantitative estimate of drug-likeness (QED) is 0.506. The number of nitriles is 1. The van der Waals surface area contributed by atoms with Crippen LogP contribution in [0.4, 0.5) is 5.69 Å². The average molecular weight is 412 g/mol. The van der Waals surface area contributed by atoms with E-state index < -0.39 is 5.91 Å². The highest BCUT2D eigenvalue weighted by Gasteiger charge is 2.09. The van der Waals surface area contributed by atoms with Gasteiger partial charge >= 0.3 is 0 Å². The lowest BCUT2D eigenvalue weighted by Gasteiger charge is -2.08. The second kappa shape index (κ2) is 10.9. The lowest BCUT2D eigenvalue weighted by atomic mass is 10.1. The van der Waals surface area contributed by atoms with E-state index >= 15 is 0 Å². The molecule has 0 fully saturated rings. The minimum Gasteiger partial charge on any atom is -0.484 e. The summed E-state index contributed by atoms with van der Waals surface area (Å²) in [6.45, 7) is 4.29. The van der Waals surface area contributed by atoms with Crippen molar-refractivity contribution in [3.05, 3.63) is 64.7 Å². The van der Waals surface area contributed by atoms with Gasteiger partial charge in [-0.05, 0) is 47.9 Å². The number of amides is 2. The molecule has 0 aliphatic rings. The van der Waals surface area contributed by atoms with Crippen LogP contribution in [0.15, 0.2) is 54.1 Å². The lowest BCUT2D eigenvalue weighted by Crippen LogP contribution is -2.28. The van der Waals surface area contributed by atoms with E-state index in [1.165, 1.54) is 6.08 Å². The summed E-state index contributed by atoms with van der Waals surface area (Å²) in [6, 6.07) is 15.5. The summed E-state index contributed by atoms with van der Waals surface area (Å²) in [6.07, 6.45) is 1.51. The molecule has 0 spiro atoms. The molecule has 2 aromatic carbocycles. The van der Waals surface area contributed by atoms with Crippen molar-refractivity contribution in [2.24, 2.45) is 5.92 Å². The largest absolute Gasteiger partial charge is 0.484 e. The number of ether oxygens (including phenoxy) is 1. The van der Waals surface area contributed by atoms with Crippen LogP contribution in [0.25, 0.3) is 6.08 Å². The number of anilines is 1. The van der Waals surface area contributed by atoms with Gasteiger partial charge in [0, 0.05) is 17.3 Å². The second-order valence-corrected chi connectivity index (χ2v) is 7.13. The second-order valence-electron chi connectivity index (χ2n) is 6.69. The first-order valence-electron chi connectivity index (χ1n) is 9.05. The molecule has 150 valence electrons. The zero-order chi connectivity index (χ0) is 21.2. The predicted octanol–water partition coefficient (Wildman–Crippen LogP) is 4.04. The number of rotatable bonds is 8. The van der Waals surface area contributed by atoms with Gasteiger partial charge in [-0.1, -0.05) is 43.6 Å². The molecule has 0 saturated heterocycles. The molecule has 0 heterocycles. The van der Waals surface area contributed by atoms with Crippen molar-refractivity contribution in [2.75, 3.05) is 18.5 Å². The first-order chi connectivity index (χ1) is 13.9. The fourth-order valence-corrected chi connectivity index (χ4v) is 2.47. The molecule has 0 bridgehead atoms. The van der Waals surface area contributed by atoms with Gasteiger partial charge in [-0.2, -0.15) is 5.26 Å². The van der Waals surface area contributed by atoms with E-state index in [0.717, 1.165) is 0 Å². The van der Waals surface area contributed by atoms with Crippen molar-refractivity contribution in [3.63, 3.8) is 0 Å². The summed E-state index contributed by atoms with van der Waals surface area (Å²) in [5.41, 5.74) is 1.29. The van der Waals surface area contributed by atoms with Crippen LogP contribution < -0.4 is 15.4 Å². The number of hydrogen-bond donors (Lipinski definition) is 2. The molecule has 2 rings (SSSR count). The molecule has 0 aliphatic heterocycles. The van der Waals surface area contributed by atoms with E-state index in [1.54, 1.807) is 48.5 Å². The van der Waals surface area contributed by atoms with Gasteiger partial charge in [0.15, 0.2) is 6.61 Å². The maximum Gasteiger partial charge on any atom is 0.262 e. The molecular formula is C22H22ClN3O3. The summed E-state index contributed by atoms with van der Waals surface area (Å²) in [7, 11) is 0. The van der Waals surface area contributed by atoms with Gasteiger partial charge in [-0.15, -0.1) is 0 Å². The van der Waals surface area contributed by atoms with Gasteiger partial charge in [-0.3, -0.25) is 9.59 Å². The van der Waals surface area contributed by atoms with Gasteiger partial charge in [0.25, 0.3) is 11.8 Å². The van der Waals surface area contributed by atoms with Gasteiger partial charge in [0.2, 0.25) is 0 Å². The van der Waals surface area contributed by atoms with Crippen molar-refractivity contribution in [1.29, 1.82) is 5.26 Å². The molecule has 0 aliphatic carbocycles. The van der Waals surface area contributed by atoms with E-state index in [-0.39, 0.29) is 18.1 Å². The molecule has 29 heavy (non-hydrogen) atoms. The zero-order valence-electron chi connectivity index (χ0n) is 16.2. The molecule has 2 amide bonds. The van der Waals surface area contributed by atoms with Crippen LogP contribution in [-0.2, 0) is 9.59 Å². The van der Waals surface area contributed by atoms with Gasteiger partial charge in [0.05, 0.1) is 0 Å². The number of carbonyl (C=O) groups excluding carboxylic acids is 2. The smallest absolute Gasteiger partial charge is 0.262 e. The summed E-state index contributed by atoms with van der Waals surface area (Å²) in [4.78, 5) is 24.0. The summed E-state index contributed by atoms with van der Waals surface area (Å²) in [5.74, 6) is 0.0709. The monoisotopic (exact) mass is 411 g/mol. The predicted molar refractivity (Wildman–Crippen MR) is 113 cm³/mol. The Hall–Kier alpha value is -3.30. The Bertz CT molecular complexity index is 931. The molecule has 0 unspecified atom stereocenters. The Kier molecular flexibility index (Phi) is 8.26. The normalized spacial score (nSPS) is 10.9. The molecular weight excluding hydrogens is 390 g/mol. The summed E-state index contributed by atoms with van der Waals surface area (Å²) in [5, 5.41) is 15.1. The lowest BCUT2D eigenvalue weighted by molar-refractivity contribution is -0.118. The number of nitrogens with one attached hydrogen (secondary N) is 2. The van der Waals surface area contributed by atoms with Crippen molar-refractivity contribution >= 4 is 35.2 Å². The molecule has 7 heteroatoms. The Morgan fingerprint density at radius 3 is 2.55 bits per heavy atom. The van der Waals surface area contributed by atoms with Crippen LogP contribution in [0, 0.1) is 17.2 Å². The maximum atomic E-state index is 12.0. The summed E-state index contributed by atoms with van der Waals surface area (Å²) < 4.78 is 5.46. The van der Waals surface area contributed by atoms with E-state index in [2.05, 4.69) is 10.6 Å². The molecule has 0 saturated carbocycles. The third-order valence-electron chi connectivity index (χ3n) is 3.71. The van der Waals surface area contributed by atoms with Crippen molar-refractivity contribution in [2.45, 2.75) is 13.8 Å². The Morgan fingerprint density at radius 2 is 1.93 bits per heavy atom. The third-order valence-corrected chi connectivity index (χ3v) is 3.94. The van der Waals surface area contributed by atoms with Crippen molar-refractivity contribution in [1.82, 2.24) is 5.32 Å². The highest BCUT2D eigenvalue weighted by atomic mass is 35.5. The Balaban J connectivity index is 1.91. The van der Waals surface area contributed by atoms with Crippen molar-refractivity contribution < 1.29 is 14.3 Å². The van der Waals surface area contributed by atoms with Crippen LogP contribution in [0.3, 0.4) is 0 Å². The molecule has 0 radical (unpaired) electrons. The Morgan fingerprint density at radius 1 is 1.21 bits per heavy atom. The standard InChI is InChI=1S/C22H22ClN3O3/c1-15(2)13-25-22(28)17(12-24)10-16-6-8-20(9-7-16)29-14-21(27)26-19-5-3-4-18(23)11-19/h3-11,15H,13-14H2,1-2H3,(H,25,28)(H,26,27)/b17-10+. The first kappa shape index (κ1) is 22.0. The fraction of sp³-hybridized carbons (Fsp3) is 0.227. The van der Waals surface area contributed by atoms with Crippen LogP contribution >= 0.6 is 11.6 Å². The molecule has 2 N–H and O–H groups in total. The molecule has 2 aromatic rings. The minimum atomic E-state index is -0.404. The molecule has 0 aromatic heterocycles. The van der Waals surface area contributed by atoms with Crippen LogP contribution in [0.5, 0.6) is 5.75 Å².